The minimum absolute atomic E-state index is 0.231. The average Bonchev–Trinajstić information content (AvgIpc) is 2.83. The molecular formula is C17H15ClN2OS. The molecule has 5 heteroatoms. The van der Waals surface area contributed by atoms with E-state index in [-0.39, 0.29) is 5.91 Å². The standard InChI is InChI=1S/C17H15ClN2OS/c1-10-5-6-13-14(9-19)17(22-15(13)7-10)20-16(21)11-3-2-4-12(18)8-11/h2-4,8,10H,5-7H2,1H3,(H,20,21). The zero-order valence-corrected chi connectivity index (χ0v) is 13.7. The van der Waals surface area contributed by atoms with Crippen LogP contribution in [0.1, 0.15) is 39.7 Å². The maximum atomic E-state index is 12.3. The Kier molecular flexibility index (Phi) is 4.19. The van der Waals surface area contributed by atoms with Crippen molar-refractivity contribution in [2.45, 2.75) is 26.2 Å². The molecule has 3 nitrogen and oxygen atoms in total. The van der Waals surface area contributed by atoms with E-state index in [0.717, 1.165) is 24.8 Å². The number of nitrogens with one attached hydrogen (secondary N) is 1. The predicted molar refractivity (Wildman–Crippen MR) is 89.6 cm³/mol. The molecule has 1 atom stereocenters. The summed E-state index contributed by atoms with van der Waals surface area (Å²) in [5.41, 5.74) is 2.24. The van der Waals surface area contributed by atoms with E-state index in [9.17, 15) is 10.1 Å². The van der Waals surface area contributed by atoms with Gasteiger partial charge in [-0.25, -0.2) is 0 Å². The maximum absolute atomic E-state index is 12.3. The van der Waals surface area contributed by atoms with Gasteiger partial charge in [-0.2, -0.15) is 5.26 Å². The summed E-state index contributed by atoms with van der Waals surface area (Å²) in [4.78, 5) is 13.6. The smallest absolute Gasteiger partial charge is 0.256 e. The third kappa shape index (κ3) is 2.87. The summed E-state index contributed by atoms with van der Waals surface area (Å²) in [6.45, 7) is 2.22. The predicted octanol–water partition coefficient (Wildman–Crippen LogP) is 4.65. The van der Waals surface area contributed by atoms with Crippen LogP contribution in [0.5, 0.6) is 0 Å². The van der Waals surface area contributed by atoms with Gasteiger partial charge in [-0.1, -0.05) is 24.6 Å². The monoisotopic (exact) mass is 330 g/mol. The topological polar surface area (TPSA) is 52.9 Å². The van der Waals surface area contributed by atoms with Crippen molar-refractivity contribution >= 4 is 33.8 Å². The molecule has 0 saturated carbocycles. The molecule has 0 bridgehead atoms. The van der Waals surface area contributed by atoms with Gasteiger partial charge in [-0.15, -0.1) is 11.3 Å². The van der Waals surface area contributed by atoms with Gasteiger partial charge in [0, 0.05) is 15.5 Å². The number of carbonyl (C=O) groups excluding carboxylic acids is 1. The Morgan fingerprint density at radius 3 is 3.05 bits per heavy atom. The number of nitriles is 1. The zero-order valence-electron chi connectivity index (χ0n) is 12.1. The SMILES string of the molecule is CC1CCc2c(sc(NC(=O)c3cccc(Cl)c3)c2C#N)C1. The number of hydrogen-bond donors (Lipinski definition) is 1. The minimum Gasteiger partial charge on any atom is -0.312 e. The van der Waals surface area contributed by atoms with Crippen molar-refractivity contribution in [3.8, 4) is 6.07 Å². The Hall–Kier alpha value is -1.83. The van der Waals surface area contributed by atoms with Gasteiger partial charge in [0.25, 0.3) is 5.91 Å². The number of fused-ring (bicyclic) bond motifs is 1. The fourth-order valence-electron chi connectivity index (χ4n) is 2.76. The molecule has 1 amide bonds. The lowest BCUT2D eigenvalue weighted by Gasteiger charge is -2.17. The molecule has 0 fully saturated rings. The van der Waals surface area contributed by atoms with Crippen molar-refractivity contribution < 1.29 is 4.79 Å². The second-order valence-corrected chi connectivity index (χ2v) is 7.17. The number of anilines is 1. The van der Waals surface area contributed by atoms with E-state index in [2.05, 4.69) is 18.3 Å². The number of hydrogen-bond acceptors (Lipinski definition) is 3. The molecule has 2 aromatic rings. The van der Waals surface area contributed by atoms with Crippen LogP contribution in [0, 0.1) is 17.2 Å². The molecule has 0 saturated heterocycles. The van der Waals surface area contributed by atoms with Gasteiger partial charge in [0.05, 0.1) is 5.56 Å². The molecule has 0 radical (unpaired) electrons. The lowest BCUT2D eigenvalue weighted by molar-refractivity contribution is 0.102. The van der Waals surface area contributed by atoms with E-state index in [0.29, 0.717) is 27.1 Å². The molecule has 1 heterocycles. The Morgan fingerprint density at radius 2 is 2.32 bits per heavy atom. The Bertz CT molecular complexity index is 775. The van der Waals surface area contributed by atoms with E-state index in [4.69, 9.17) is 11.6 Å². The number of nitrogens with zero attached hydrogens (tertiary/aromatic N) is 1. The fraction of sp³-hybridized carbons (Fsp3) is 0.294. The quantitative estimate of drug-likeness (QED) is 0.871. The molecule has 1 aromatic heterocycles. The summed E-state index contributed by atoms with van der Waals surface area (Å²) in [6, 6.07) is 9.06. The van der Waals surface area contributed by atoms with E-state index < -0.39 is 0 Å². The first-order valence-electron chi connectivity index (χ1n) is 7.20. The second-order valence-electron chi connectivity index (χ2n) is 5.63. The number of thiophene rings is 1. The Morgan fingerprint density at radius 1 is 1.50 bits per heavy atom. The van der Waals surface area contributed by atoms with E-state index in [1.165, 1.54) is 16.2 Å². The van der Waals surface area contributed by atoms with Crippen molar-refractivity contribution in [2.75, 3.05) is 5.32 Å². The Labute approximate surface area is 138 Å². The van der Waals surface area contributed by atoms with E-state index >= 15 is 0 Å². The summed E-state index contributed by atoms with van der Waals surface area (Å²) >= 11 is 7.45. The van der Waals surface area contributed by atoms with Gasteiger partial charge < -0.3 is 5.32 Å². The first-order valence-corrected chi connectivity index (χ1v) is 8.39. The van der Waals surface area contributed by atoms with Crippen molar-refractivity contribution in [1.29, 1.82) is 5.26 Å². The molecule has 1 aromatic carbocycles. The molecule has 0 spiro atoms. The first-order chi connectivity index (χ1) is 10.6. The van der Waals surface area contributed by atoms with Gasteiger partial charge in [-0.05, 0) is 48.9 Å². The molecule has 1 aliphatic carbocycles. The highest BCUT2D eigenvalue weighted by Crippen LogP contribution is 2.39. The number of benzene rings is 1. The van der Waals surface area contributed by atoms with Crippen LogP contribution < -0.4 is 5.32 Å². The van der Waals surface area contributed by atoms with Crippen molar-refractivity contribution in [3.63, 3.8) is 0 Å². The molecular weight excluding hydrogens is 316 g/mol. The molecule has 112 valence electrons. The summed E-state index contributed by atoms with van der Waals surface area (Å²) in [7, 11) is 0. The number of halogens is 1. The molecule has 1 aliphatic rings. The van der Waals surface area contributed by atoms with Gasteiger partial charge in [-0.3, -0.25) is 4.79 Å². The molecule has 0 aliphatic heterocycles. The molecule has 3 rings (SSSR count). The van der Waals surface area contributed by atoms with Gasteiger partial charge in [0.15, 0.2) is 0 Å². The zero-order chi connectivity index (χ0) is 15.7. The lowest BCUT2D eigenvalue weighted by Crippen LogP contribution is -2.12. The fourth-order valence-corrected chi connectivity index (χ4v) is 4.31. The summed E-state index contributed by atoms with van der Waals surface area (Å²) in [5, 5.41) is 13.5. The van der Waals surface area contributed by atoms with Crippen molar-refractivity contribution in [3.05, 3.63) is 50.9 Å². The van der Waals surface area contributed by atoms with Gasteiger partial charge >= 0.3 is 0 Å². The van der Waals surface area contributed by atoms with Crippen LogP contribution in [0.15, 0.2) is 24.3 Å². The van der Waals surface area contributed by atoms with E-state index in [1.807, 2.05) is 0 Å². The number of rotatable bonds is 2. The minimum atomic E-state index is -0.231. The van der Waals surface area contributed by atoms with Crippen LogP contribution in [0.3, 0.4) is 0 Å². The highest BCUT2D eigenvalue weighted by atomic mass is 35.5. The number of carbonyl (C=O) groups is 1. The Balaban J connectivity index is 1.90. The molecule has 1 N–H and O–H groups in total. The van der Waals surface area contributed by atoms with Crippen LogP contribution in [0.4, 0.5) is 5.00 Å². The van der Waals surface area contributed by atoms with Crippen LogP contribution in [-0.4, -0.2) is 5.91 Å². The average molecular weight is 331 g/mol. The number of amides is 1. The summed E-state index contributed by atoms with van der Waals surface area (Å²) < 4.78 is 0. The van der Waals surface area contributed by atoms with Crippen LogP contribution >= 0.6 is 22.9 Å². The van der Waals surface area contributed by atoms with Crippen LogP contribution in [-0.2, 0) is 12.8 Å². The summed E-state index contributed by atoms with van der Waals surface area (Å²) in [5.74, 6) is 0.403. The molecule has 22 heavy (non-hydrogen) atoms. The highest BCUT2D eigenvalue weighted by molar-refractivity contribution is 7.16. The van der Waals surface area contributed by atoms with Gasteiger partial charge in [0.2, 0.25) is 0 Å². The van der Waals surface area contributed by atoms with Crippen molar-refractivity contribution in [2.24, 2.45) is 5.92 Å². The third-order valence-corrected chi connectivity index (χ3v) is 5.34. The van der Waals surface area contributed by atoms with Crippen molar-refractivity contribution in [1.82, 2.24) is 0 Å². The first kappa shape index (κ1) is 15.1. The normalized spacial score (nSPS) is 16.7. The highest BCUT2D eigenvalue weighted by Gasteiger charge is 2.24. The van der Waals surface area contributed by atoms with Crippen LogP contribution in [0.2, 0.25) is 5.02 Å². The third-order valence-electron chi connectivity index (χ3n) is 3.94. The lowest BCUT2D eigenvalue weighted by atomic mass is 9.88. The summed E-state index contributed by atoms with van der Waals surface area (Å²) in [6.07, 6.45) is 3.00. The maximum Gasteiger partial charge on any atom is 0.256 e. The largest absolute Gasteiger partial charge is 0.312 e. The molecule has 1 unspecified atom stereocenters. The van der Waals surface area contributed by atoms with E-state index in [1.54, 1.807) is 24.3 Å². The van der Waals surface area contributed by atoms with Crippen LogP contribution in [0.25, 0.3) is 0 Å². The van der Waals surface area contributed by atoms with Gasteiger partial charge in [0.1, 0.15) is 11.1 Å². The second kappa shape index (κ2) is 6.12.